The van der Waals surface area contributed by atoms with Crippen molar-refractivity contribution in [3.8, 4) is 11.3 Å². The molecule has 0 unspecified atom stereocenters. The summed E-state index contributed by atoms with van der Waals surface area (Å²) in [4.78, 5) is 11.0. The number of benzene rings is 1. The monoisotopic (exact) mass is 319 g/mol. The molecule has 0 aliphatic carbocycles. The van der Waals surface area contributed by atoms with Crippen molar-refractivity contribution in [2.45, 2.75) is 0 Å². The van der Waals surface area contributed by atoms with E-state index in [-0.39, 0.29) is 0 Å². The highest BCUT2D eigenvalue weighted by atomic mass is 16.3. The molecule has 0 radical (unpaired) electrons. The van der Waals surface area contributed by atoms with Crippen LogP contribution < -0.4 is 10.2 Å². The van der Waals surface area contributed by atoms with E-state index in [0.717, 1.165) is 28.3 Å². The lowest BCUT2D eigenvalue weighted by Gasteiger charge is -2.14. The fraction of sp³-hybridized carbons (Fsp3) is 0.111. The van der Waals surface area contributed by atoms with Crippen molar-refractivity contribution in [2.24, 2.45) is 0 Å². The molecule has 1 aromatic carbocycles. The van der Waals surface area contributed by atoms with Crippen molar-refractivity contribution in [3.05, 3.63) is 61.4 Å². The zero-order valence-corrected chi connectivity index (χ0v) is 13.5. The fourth-order valence-electron chi connectivity index (χ4n) is 2.63. The van der Waals surface area contributed by atoms with Crippen LogP contribution in [0.5, 0.6) is 0 Å². The Morgan fingerprint density at radius 3 is 2.88 bits per heavy atom. The average Bonchev–Trinajstić information content (AvgIpc) is 3.24. The molecular formula is C18H17N5O. The van der Waals surface area contributed by atoms with E-state index in [0.29, 0.717) is 5.82 Å². The quantitative estimate of drug-likeness (QED) is 0.620. The second-order valence-corrected chi connectivity index (χ2v) is 5.69. The van der Waals surface area contributed by atoms with Gasteiger partial charge in [0, 0.05) is 43.4 Å². The highest BCUT2D eigenvalue weighted by Gasteiger charge is 2.11. The Morgan fingerprint density at radius 1 is 1.17 bits per heavy atom. The molecular weight excluding hydrogens is 302 g/mol. The van der Waals surface area contributed by atoms with Crippen LogP contribution in [0.2, 0.25) is 0 Å². The molecule has 24 heavy (non-hydrogen) atoms. The molecule has 0 fully saturated rings. The van der Waals surface area contributed by atoms with Crippen molar-refractivity contribution in [1.82, 2.24) is 14.4 Å². The molecule has 6 nitrogen and oxygen atoms in total. The second kappa shape index (κ2) is 5.73. The molecule has 0 saturated carbocycles. The van der Waals surface area contributed by atoms with Crippen molar-refractivity contribution in [1.29, 1.82) is 0 Å². The van der Waals surface area contributed by atoms with E-state index < -0.39 is 0 Å². The summed E-state index contributed by atoms with van der Waals surface area (Å²) >= 11 is 0. The van der Waals surface area contributed by atoms with Crippen molar-refractivity contribution in [2.75, 3.05) is 24.3 Å². The molecule has 3 aromatic heterocycles. The molecule has 6 heteroatoms. The van der Waals surface area contributed by atoms with Crippen LogP contribution in [0.4, 0.5) is 17.2 Å². The Labute approximate surface area is 139 Å². The first kappa shape index (κ1) is 14.3. The number of fused-ring (bicyclic) bond motifs is 1. The molecule has 0 aliphatic heterocycles. The van der Waals surface area contributed by atoms with Gasteiger partial charge in [0.15, 0.2) is 11.5 Å². The van der Waals surface area contributed by atoms with Crippen LogP contribution in [0, 0.1) is 0 Å². The standard InChI is InChI=1S/C18H17N5O/c1-22(2)15-5-3-4-14(10-15)21-17-18-20-11-16(13-6-9-24-12-13)23(18)8-7-19-17/h3-12H,1-2H3,(H,19,21). The van der Waals surface area contributed by atoms with Gasteiger partial charge in [0.1, 0.15) is 0 Å². The zero-order chi connectivity index (χ0) is 16.5. The molecule has 0 aliphatic rings. The lowest BCUT2D eigenvalue weighted by Crippen LogP contribution is -2.08. The van der Waals surface area contributed by atoms with Gasteiger partial charge in [0.2, 0.25) is 0 Å². The van der Waals surface area contributed by atoms with E-state index in [9.17, 15) is 0 Å². The third-order valence-electron chi connectivity index (χ3n) is 3.87. The average molecular weight is 319 g/mol. The van der Waals surface area contributed by atoms with Crippen LogP contribution >= 0.6 is 0 Å². The molecule has 120 valence electrons. The summed E-state index contributed by atoms with van der Waals surface area (Å²) in [6.45, 7) is 0. The Kier molecular flexibility index (Phi) is 3.42. The number of imidazole rings is 1. The highest BCUT2D eigenvalue weighted by molar-refractivity contribution is 5.75. The fourth-order valence-corrected chi connectivity index (χ4v) is 2.63. The van der Waals surface area contributed by atoms with E-state index in [4.69, 9.17) is 4.42 Å². The summed E-state index contributed by atoms with van der Waals surface area (Å²) in [6, 6.07) is 10.1. The van der Waals surface area contributed by atoms with Crippen LogP contribution in [0.3, 0.4) is 0 Å². The summed E-state index contributed by atoms with van der Waals surface area (Å²) in [5.41, 5.74) is 4.80. The van der Waals surface area contributed by atoms with Gasteiger partial charge in [-0.15, -0.1) is 0 Å². The predicted octanol–water partition coefficient (Wildman–Crippen LogP) is 3.80. The maximum absolute atomic E-state index is 5.17. The lowest BCUT2D eigenvalue weighted by molar-refractivity contribution is 0.568. The maximum atomic E-state index is 5.17. The molecule has 0 bridgehead atoms. The number of furan rings is 1. The predicted molar refractivity (Wildman–Crippen MR) is 94.7 cm³/mol. The van der Waals surface area contributed by atoms with Crippen LogP contribution in [0.15, 0.2) is 65.9 Å². The van der Waals surface area contributed by atoms with E-state index in [1.54, 1.807) is 18.7 Å². The van der Waals surface area contributed by atoms with Crippen LogP contribution in [-0.2, 0) is 0 Å². The lowest BCUT2D eigenvalue weighted by atomic mass is 10.2. The van der Waals surface area contributed by atoms with E-state index in [1.165, 1.54) is 0 Å². The van der Waals surface area contributed by atoms with Gasteiger partial charge < -0.3 is 14.6 Å². The van der Waals surface area contributed by atoms with Crippen molar-refractivity contribution in [3.63, 3.8) is 0 Å². The molecule has 4 rings (SSSR count). The number of anilines is 3. The SMILES string of the molecule is CN(C)c1cccc(Nc2nccn3c(-c4ccoc4)cnc23)c1. The molecule has 0 amide bonds. The summed E-state index contributed by atoms with van der Waals surface area (Å²) in [5.74, 6) is 0.711. The maximum Gasteiger partial charge on any atom is 0.180 e. The number of aromatic nitrogens is 3. The van der Waals surface area contributed by atoms with Crippen molar-refractivity contribution >= 4 is 22.8 Å². The number of nitrogens with zero attached hydrogens (tertiary/aromatic N) is 4. The highest BCUT2D eigenvalue weighted by Crippen LogP contribution is 2.26. The topological polar surface area (TPSA) is 58.6 Å². The summed E-state index contributed by atoms with van der Waals surface area (Å²) in [7, 11) is 4.04. The molecule has 1 N–H and O–H groups in total. The first-order valence-corrected chi connectivity index (χ1v) is 7.61. The molecule has 0 saturated heterocycles. The Hall–Kier alpha value is -3.28. The van der Waals surface area contributed by atoms with Crippen LogP contribution in [0.25, 0.3) is 16.9 Å². The number of hydrogen-bond donors (Lipinski definition) is 1. The normalized spacial score (nSPS) is 10.9. The third kappa shape index (κ3) is 2.48. The molecule has 0 spiro atoms. The minimum atomic E-state index is 0.711. The Bertz CT molecular complexity index is 972. The minimum Gasteiger partial charge on any atom is -0.472 e. The van der Waals surface area contributed by atoms with Gasteiger partial charge in [-0.25, -0.2) is 9.97 Å². The molecule has 3 heterocycles. The number of hydrogen-bond acceptors (Lipinski definition) is 5. The van der Waals surface area contributed by atoms with Gasteiger partial charge in [-0.3, -0.25) is 4.40 Å². The van der Waals surface area contributed by atoms with Gasteiger partial charge in [-0.05, 0) is 24.3 Å². The smallest absolute Gasteiger partial charge is 0.180 e. The molecule has 0 atom stereocenters. The van der Waals surface area contributed by atoms with Crippen LogP contribution in [0.1, 0.15) is 0 Å². The van der Waals surface area contributed by atoms with E-state index in [2.05, 4.69) is 32.3 Å². The number of rotatable bonds is 4. The van der Waals surface area contributed by atoms with Gasteiger partial charge in [-0.1, -0.05) is 6.07 Å². The number of nitrogens with one attached hydrogen (secondary N) is 1. The van der Waals surface area contributed by atoms with E-state index in [1.807, 2.05) is 49.1 Å². The minimum absolute atomic E-state index is 0.711. The molecule has 4 aromatic rings. The summed E-state index contributed by atoms with van der Waals surface area (Å²) in [6.07, 6.45) is 8.84. The zero-order valence-electron chi connectivity index (χ0n) is 13.5. The first-order valence-electron chi connectivity index (χ1n) is 7.61. The Morgan fingerprint density at radius 2 is 2.08 bits per heavy atom. The van der Waals surface area contributed by atoms with Crippen molar-refractivity contribution < 1.29 is 4.42 Å². The largest absolute Gasteiger partial charge is 0.472 e. The third-order valence-corrected chi connectivity index (χ3v) is 3.87. The summed E-state index contributed by atoms with van der Waals surface area (Å²) in [5, 5.41) is 3.36. The summed E-state index contributed by atoms with van der Waals surface area (Å²) < 4.78 is 7.17. The van der Waals surface area contributed by atoms with E-state index >= 15 is 0 Å². The van der Waals surface area contributed by atoms with Gasteiger partial charge >= 0.3 is 0 Å². The first-order chi connectivity index (χ1) is 11.7. The second-order valence-electron chi connectivity index (χ2n) is 5.69. The van der Waals surface area contributed by atoms with Gasteiger partial charge in [0.05, 0.1) is 24.4 Å². The van der Waals surface area contributed by atoms with Gasteiger partial charge in [0.25, 0.3) is 0 Å². The van der Waals surface area contributed by atoms with Crippen LogP contribution in [-0.4, -0.2) is 28.5 Å². The van der Waals surface area contributed by atoms with Gasteiger partial charge in [-0.2, -0.15) is 0 Å². The Balaban J connectivity index is 1.74.